The molecule has 4 nitrogen and oxygen atoms in total. The summed E-state index contributed by atoms with van der Waals surface area (Å²) in [6.07, 6.45) is 0. The zero-order valence-electron chi connectivity index (χ0n) is 14.2. The van der Waals surface area contributed by atoms with E-state index in [4.69, 9.17) is 4.74 Å². The van der Waals surface area contributed by atoms with Crippen LogP contribution in [0.3, 0.4) is 0 Å². The molecular weight excluding hydrogens is 384 g/mol. The molecule has 3 aromatic heterocycles. The molecule has 0 saturated carbocycles. The molecule has 7 heteroatoms. The van der Waals surface area contributed by atoms with E-state index in [0.29, 0.717) is 17.0 Å². The summed E-state index contributed by atoms with van der Waals surface area (Å²) in [6.45, 7) is 2.07. The van der Waals surface area contributed by atoms with Crippen molar-refractivity contribution in [3.8, 4) is 16.2 Å². The molecule has 0 spiro atoms. The third kappa shape index (κ3) is 3.42. The lowest BCUT2D eigenvalue weighted by atomic mass is 10.2. The number of hydrogen-bond acceptors (Lipinski definition) is 6. The molecule has 0 aliphatic heterocycles. The minimum absolute atomic E-state index is 0.0670. The Morgan fingerprint density at radius 3 is 2.69 bits per heavy atom. The summed E-state index contributed by atoms with van der Waals surface area (Å²) in [5.41, 5.74) is 0.911. The lowest BCUT2D eigenvalue weighted by Crippen LogP contribution is -2.10. The molecule has 0 fully saturated rings. The summed E-state index contributed by atoms with van der Waals surface area (Å²) < 4.78 is 5.17. The monoisotopic (exact) mass is 400 g/mol. The van der Waals surface area contributed by atoms with E-state index in [9.17, 15) is 4.79 Å². The Labute approximate surface area is 162 Å². The lowest BCUT2D eigenvalue weighted by Gasteiger charge is -2.04. The molecule has 26 heavy (non-hydrogen) atoms. The van der Waals surface area contributed by atoms with Crippen LogP contribution in [-0.4, -0.2) is 17.1 Å². The van der Waals surface area contributed by atoms with Crippen LogP contribution in [0.4, 0.5) is 0 Å². The summed E-state index contributed by atoms with van der Waals surface area (Å²) in [4.78, 5) is 24.5. The number of hydrogen-bond donors (Lipinski definition) is 1. The first-order valence-corrected chi connectivity index (χ1v) is 10.7. The highest BCUT2D eigenvalue weighted by atomic mass is 32.2. The Bertz CT molecular complexity index is 1110. The number of aromatic nitrogens is 2. The Hall–Kier alpha value is -2.09. The van der Waals surface area contributed by atoms with Gasteiger partial charge in [0.1, 0.15) is 16.4 Å². The number of H-pyrrole nitrogens is 1. The van der Waals surface area contributed by atoms with Crippen LogP contribution >= 0.6 is 34.4 Å². The van der Waals surface area contributed by atoms with Crippen molar-refractivity contribution in [1.29, 1.82) is 0 Å². The molecule has 0 saturated heterocycles. The SMILES string of the molecule is COc1ccc(SCc2nc3scc(-c4ccc(C)s4)c3c(=O)[nH]2)cc1. The van der Waals surface area contributed by atoms with Gasteiger partial charge in [0.15, 0.2) is 0 Å². The summed E-state index contributed by atoms with van der Waals surface area (Å²) >= 11 is 4.85. The number of ether oxygens (including phenoxy) is 1. The molecule has 0 unspecified atom stereocenters. The van der Waals surface area contributed by atoms with E-state index in [1.165, 1.54) is 16.2 Å². The number of fused-ring (bicyclic) bond motifs is 1. The maximum absolute atomic E-state index is 12.6. The molecular formula is C19H16N2O2S3. The molecule has 0 radical (unpaired) electrons. The molecule has 0 aliphatic carbocycles. The van der Waals surface area contributed by atoms with Crippen molar-refractivity contribution < 1.29 is 4.74 Å². The maximum Gasteiger partial charge on any atom is 0.260 e. The van der Waals surface area contributed by atoms with Crippen molar-refractivity contribution in [2.45, 2.75) is 17.6 Å². The van der Waals surface area contributed by atoms with E-state index in [1.807, 2.05) is 29.6 Å². The average Bonchev–Trinajstić information content (AvgIpc) is 3.26. The molecule has 4 aromatic rings. The van der Waals surface area contributed by atoms with Gasteiger partial charge in [-0.2, -0.15) is 0 Å². The number of aryl methyl sites for hydroxylation is 1. The predicted molar refractivity (Wildman–Crippen MR) is 111 cm³/mol. The van der Waals surface area contributed by atoms with E-state index >= 15 is 0 Å². The van der Waals surface area contributed by atoms with Crippen molar-refractivity contribution in [1.82, 2.24) is 9.97 Å². The van der Waals surface area contributed by atoms with Crippen molar-refractivity contribution >= 4 is 44.7 Å². The first-order chi connectivity index (χ1) is 12.6. The van der Waals surface area contributed by atoms with Crippen molar-refractivity contribution in [2.24, 2.45) is 0 Å². The van der Waals surface area contributed by atoms with E-state index in [2.05, 4.69) is 29.0 Å². The van der Waals surface area contributed by atoms with Crippen LogP contribution in [0.25, 0.3) is 20.7 Å². The van der Waals surface area contributed by atoms with Gasteiger partial charge in [0.25, 0.3) is 5.56 Å². The van der Waals surface area contributed by atoms with E-state index in [-0.39, 0.29) is 5.56 Å². The molecule has 1 aromatic carbocycles. The summed E-state index contributed by atoms with van der Waals surface area (Å²) in [7, 11) is 1.65. The van der Waals surface area contributed by atoms with E-state index in [1.54, 1.807) is 30.2 Å². The smallest absolute Gasteiger partial charge is 0.260 e. The molecule has 132 valence electrons. The topological polar surface area (TPSA) is 55.0 Å². The first-order valence-electron chi connectivity index (χ1n) is 7.98. The van der Waals surface area contributed by atoms with Crippen LogP contribution < -0.4 is 10.3 Å². The van der Waals surface area contributed by atoms with Crippen LogP contribution in [0.2, 0.25) is 0 Å². The second-order valence-corrected chi connectivity index (χ2v) is 8.91. The maximum atomic E-state index is 12.6. The Morgan fingerprint density at radius 1 is 1.19 bits per heavy atom. The second kappa shape index (κ2) is 7.26. The summed E-state index contributed by atoms with van der Waals surface area (Å²) in [5.74, 6) is 2.14. The normalized spacial score (nSPS) is 11.2. The highest BCUT2D eigenvalue weighted by Gasteiger charge is 2.14. The van der Waals surface area contributed by atoms with Gasteiger partial charge >= 0.3 is 0 Å². The van der Waals surface area contributed by atoms with Gasteiger partial charge in [-0.25, -0.2) is 4.98 Å². The molecule has 0 bridgehead atoms. The summed E-state index contributed by atoms with van der Waals surface area (Å²) in [6, 6.07) is 12.0. The zero-order valence-corrected chi connectivity index (χ0v) is 16.7. The van der Waals surface area contributed by atoms with Gasteiger partial charge in [-0.1, -0.05) is 0 Å². The highest BCUT2D eigenvalue weighted by Crippen LogP contribution is 2.35. The lowest BCUT2D eigenvalue weighted by molar-refractivity contribution is 0.414. The van der Waals surface area contributed by atoms with Crippen LogP contribution in [-0.2, 0) is 5.75 Å². The number of aromatic amines is 1. The van der Waals surface area contributed by atoms with Crippen molar-refractivity contribution in [3.05, 3.63) is 62.8 Å². The van der Waals surface area contributed by atoms with Crippen LogP contribution in [0.1, 0.15) is 10.7 Å². The molecule has 3 heterocycles. The predicted octanol–water partition coefficient (Wildman–Crippen LogP) is 5.32. The number of nitrogens with zero attached hydrogens (tertiary/aromatic N) is 1. The first kappa shape index (κ1) is 17.3. The number of thiophene rings is 2. The number of thioether (sulfide) groups is 1. The third-order valence-corrected chi connectivity index (χ3v) is 6.86. The minimum Gasteiger partial charge on any atom is -0.497 e. The Balaban J connectivity index is 1.60. The highest BCUT2D eigenvalue weighted by molar-refractivity contribution is 7.98. The van der Waals surface area contributed by atoms with Crippen LogP contribution in [0.15, 0.2) is 51.5 Å². The average molecular weight is 401 g/mol. The quantitative estimate of drug-likeness (QED) is 0.461. The standard InChI is InChI=1S/C19H16N2O2S3/c1-11-3-8-15(26-11)14-9-25-19-17(14)18(22)20-16(21-19)10-24-13-6-4-12(23-2)5-7-13/h3-9H,10H2,1-2H3,(H,20,21,22). The van der Waals surface area contributed by atoms with Gasteiger partial charge in [-0.15, -0.1) is 34.4 Å². The fourth-order valence-electron chi connectivity index (χ4n) is 2.65. The number of rotatable bonds is 5. The van der Waals surface area contributed by atoms with Crippen molar-refractivity contribution in [2.75, 3.05) is 7.11 Å². The van der Waals surface area contributed by atoms with Gasteiger partial charge in [0.2, 0.25) is 0 Å². The van der Waals surface area contributed by atoms with Gasteiger partial charge in [0, 0.05) is 25.6 Å². The number of methoxy groups -OCH3 is 1. The third-order valence-electron chi connectivity index (χ3n) is 3.93. The Morgan fingerprint density at radius 2 is 2.00 bits per heavy atom. The largest absolute Gasteiger partial charge is 0.497 e. The van der Waals surface area contributed by atoms with E-state index < -0.39 is 0 Å². The fraction of sp³-hybridized carbons (Fsp3) is 0.158. The van der Waals surface area contributed by atoms with Crippen LogP contribution in [0.5, 0.6) is 5.75 Å². The number of benzene rings is 1. The van der Waals surface area contributed by atoms with Gasteiger partial charge < -0.3 is 9.72 Å². The van der Waals surface area contributed by atoms with Gasteiger partial charge in [-0.05, 0) is 43.3 Å². The molecule has 0 aliphatic rings. The van der Waals surface area contributed by atoms with Crippen LogP contribution in [0, 0.1) is 6.92 Å². The minimum atomic E-state index is -0.0670. The molecule has 0 amide bonds. The number of nitrogens with one attached hydrogen (secondary N) is 1. The zero-order chi connectivity index (χ0) is 18.1. The molecule has 1 N–H and O–H groups in total. The molecule has 4 rings (SSSR count). The fourth-order valence-corrected chi connectivity index (χ4v) is 5.34. The van der Waals surface area contributed by atoms with Gasteiger partial charge in [0.05, 0.1) is 18.2 Å². The van der Waals surface area contributed by atoms with Gasteiger partial charge in [-0.3, -0.25) is 4.79 Å². The molecule has 0 atom stereocenters. The second-order valence-electron chi connectivity index (χ2n) is 5.72. The Kier molecular flexibility index (Phi) is 4.84. The van der Waals surface area contributed by atoms with E-state index in [0.717, 1.165) is 25.9 Å². The van der Waals surface area contributed by atoms with Crippen molar-refractivity contribution in [3.63, 3.8) is 0 Å². The summed E-state index contributed by atoms with van der Waals surface area (Å²) in [5, 5.41) is 2.72.